The molecule has 1 aromatic heterocycles. The van der Waals surface area contributed by atoms with Gasteiger partial charge < -0.3 is 15.4 Å². The van der Waals surface area contributed by atoms with Gasteiger partial charge in [-0.05, 0) is 55.7 Å². The van der Waals surface area contributed by atoms with Gasteiger partial charge in [-0.15, -0.1) is 0 Å². The molecular weight excluding hydrogens is 340 g/mol. The first-order valence-corrected chi connectivity index (χ1v) is 8.59. The predicted molar refractivity (Wildman–Crippen MR) is 107 cm³/mol. The van der Waals surface area contributed by atoms with Crippen molar-refractivity contribution in [2.75, 3.05) is 17.7 Å². The molecule has 0 saturated heterocycles. The summed E-state index contributed by atoms with van der Waals surface area (Å²) in [6, 6.07) is 11.6. The normalized spacial score (nSPS) is 10.4. The van der Waals surface area contributed by atoms with Crippen molar-refractivity contribution >= 4 is 23.2 Å². The molecule has 6 heteroatoms. The minimum Gasteiger partial charge on any atom is -0.495 e. The summed E-state index contributed by atoms with van der Waals surface area (Å²) in [5, 5.41) is 6.02. The van der Waals surface area contributed by atoms with Crippen molar-refractivity contribution in [2.24, 2.45) is 0 Å². The van der Waals surface area contributed by atoms with E-state index in [-0.39, 0.29) is 5.91 Å². The van der Waals surface area contributed by atoms with Crippen LogP contribution in [0.4, 0.5) is 17.3 Å². The SMILES string of the molecule is COc1ccc(C)cc1Nc1ncc(C(=O)Nc2cccc(C)c2C)cn1. The van der Waals surface area contributed by atoms with Gasteiger partial charge in [0.15, 0.2) is 0 Å². The summed E-state index contributed by atoms with van der Waals surface area (Å²) in [6.45, 7) is 5.98. The summed E-state index contributed by atoms with van der Waals surface area (Å²) in [5.41, 5.74) is 5.18. The molecule has 0 bridgehead atoms. The first-order valence-electron chi connectivity index (χ1n) is 8.59. The summed E-state index contributed by atoms with van der Waals surface area (Å²) in [6.07, 6.45) is 3.00. The van der Waals surface area contributed by atoms with Crippen LogP contribution in [0, 0.1) is 20.8 Å². The highest BCUT2D eigenvalue weighted by Crippen LogP contribution is 2.27. The molecule has 138 valence electrons. The van der Waals surface area contributed by atoms with Crippen molar-refractivity contribution < 1.29 is 9.53 Å². The van der Waals surface area contributed by atoms with E-state index in [0.717, 1.165) is 28.1 Å². The van der Waals surface area contributed by atoms with Gasteiger partial charge in [0.05, 0.1) is 18.4 Å². The highest BCUT2D eigenvalue weighted by atomic mass is 16.5. The van der Waals surface area contributed by atoms with Crippen molar-refractivity contribution in [1.29, 1.82) is 0 Å². The predicted octanol–water partition coefficient (Wildman–Crippen LogP) is 4.41. The third-order valence-electron chi connectivity index (χ3n) is 4.37. The molecule has 0 aliphatic rings. The average molecular weight is 362 g/mol. The van der Waals surface area contributed by atoms with E-state index in [9.17, 15) is 4.79 Å². The van der Waals surface area contributed by atoms with Gasteiger partial charge in [0, 0.05) is 18.1 Å². The number of benzene rings is 2. The van der Waals surface area contributed by atoms with Gasteiger partial charge in [0.2, 0.25) is 5.95 Å². The van der Waals surface area contributed by atoms with E-state index in [0.29, 0.717) is 17.3 Å². The van der Waals surface area contributed by atoms with E-state index in [2.05, 4.69) is 20.6 Å². The fraction of sp³-hybridized carbons (Fsp3) is 0.190. The van der Waals surface area contributed by atoms with Crippen LogP contribution < -0.4 is 15.4 Å². The molecule has 0 spiro atoms. The second-order valence-corrected chi connectivity index (χ2v) is 6.33. The Bertz CT molecular complexity index is 968. The highest BCUT2D eigenvalue weighted by Gasteiger charge is 2.11. The monoisotopic (exact) mass is 362 g/mol. The topological polar surface area (TPSA) is 76.1 Å². The minimum atomic E-state index is -0.247. The molecule has 27 heavy (non-hydrogen) atoms. The van der Waals surface area contributed by atoms with Crippen molar-refractivity contribution in [1.82, 2.24) is 9.97 Å². The fourth-order valence-electron chi connectivity index (χ4n) is 2.63. The smallest absolute Gasteiger partial charge is 0.258 e. The molecule has 2 N–H and O–H groups in total. The van der Waals surface area contributed by atoms with E-state index < -0.39 is 0 Å². The number of aromatic nitrogens is 2. The van der Waals surface area contributed by atoms with Gasteiger partial charge in [-0.3, -0.25) is 4.79 Å². The Hall–Kier alpha value is -3.41. The van der Waals surface area contributed by atoms with Crippen LogP contribution in [0.15, 0.2) is 48.8 Å². The van der Waals surface area contributed by atoms with Crippen LogP contribution in [0.2, 0.25) is 0 Å². The Balaban J connectivity index is 1.74. The highest BCUT2D eigenvalue weighted by molar-refractivity contribution is 6.04. The van der Waals surface area contributed by atoms with Crippen molar-refractivity contribution in [2.45, 2.75) is 20.8 Å². The van der Waals surface area contributed by atoms with Crippen LogP contribution in [0.1, 0.15) is 27.0 Å². The van der Waals surface area contributed by atoms with Crippen LogP contribution in [0.25, 0.3) is 0 Å². The number of ether oxygens (including phenoxy) is 1. The second kappa shape index (κ2) is 7.86. The Labute approximate surface area is 158 Å². The first kappa shape index (κ1) is 18.4. The number of carbonyl (C=O) groups excluding carboxylic acids is 1. The zero-order chi connectivity index (χ0) is 19.4. The number of nitrogens with one attached hydrogen (secondary N) is 2. The number of nitrogens with zero attached hydrogens (tertiary/aromatic N) is 2. The minimum absolute atomic E-state index is 0.247. The largest absolute Gasteiger partial charge is 0.495 e. The van der Waals surface area contributed by atoms with Crippen molar-refractivity contribution in [3.05, 3.63) is 71.0 Å². The maximum Gasteiger partial charge on any atom is 0.258 e. The molecule has 0 fully saturated rings. The van der Waals surface area contributed by atoms with Gasteiger partial charge in [0.25, 0.3) is 5.91 Å². The van der Waals surface area contributed by atoms with Crippen LogP contribution in [0.5, 0.6) is 5.75 Å². The lowest BCUT2D eigenvalue weighted by atomic mass is 10.1. The molecule has 0 aliphatic carbocycles. The zero-order valence-corrected chi connectivity index (χ0v) is 15.8. The van der Waals surface area contributed by atoms with Gasteiger partial charge in [-0.2, -0.15) is 0 Å². The lowest BCUT2D eigenvalue weighted by molar-refractivity contribution is 0.102. The number of amides is 1. The number of anilines is 3. The molecule has 0 radical (unpaired) electrons. The maximum absolute atomic E-state index is 12.5. The fourth-order valence-corrected chi connectivity index (χ4v) is 2.63. The maximum atomic E-state index is 12.5. The molecule has 2 aromatic carbocycles. The van der Waals surface area contributed by atoms with E-state index in [4.69, 9.17) is 4.74 Å². The average Bonchev–Trinajstić information content (AvgIpc) is 2.66. The van der Waals surface area contributed by atoms with Gasteiger partial charge in [0.1, 0.15) is 5.75 Å². The molecule has 1 heterocycles. The Kier molecular flexibility index (Phi) is 5.35. The number of hydrogen-bond acceptors (Lipinski definition) is 5. The third kappa shape index (κ3) is 4.23. The van der Waals surface area contributed by atoms with Gasteiger partial charge in [-0.1, -0.05) is 18.2 Å². The second-order valence-electron chi connectivity index (χ2n) is 6.33. The lowest BCUT2D eigenvalue weighted by Gasteiger charge is -2.12. The standard InChI is InChI=1S/C21H22N4O2/c1-13-8-9-19(27-4)18(10-13)25-21-22-11-16(12-23-21)20(26)24-17-7-5-6-14(2)15(17)3/h5-12H,1-4H3,(H,24,26)(H,22,23,25). The Morgan fingerprint density at radius 2 is 1.74 bits per heavy atom. The molecule has 6 nitrogen and oxygen atoms in total. The molecule has 0 saturated carbocycles. The quantitative estimate of drug-likeness (QED) is 0.703. The molecule has 0 atom stereocenters. The molecular formula is C21H22N4O2. The molecule has 0 aliphatic heterocycles. The van der Waals surface area contributed by atoms with Gasteiger partial charge >= 0.3 is 0 Å². The number of rotatable bonds is 5. The van der Waals surface area contributed by atoms with Crippen LogP contribution in [-0.4, -0.2) is 23.0 Å². The molecule has 0 unspecified atom stereocenters. The number of hydrogen-bond donors (Lipinski definition) is 2. The Morgan fingerprint density at radius 1 is 1.00 bits per heavy atom. The Morgan fingerprint density at radius 3 is 2.44 bits per heavy atom. The number of carbonyl (C=O) groups is 1. The summed E-state index contributed by atoms with van der Waals surface area (Å²) in [7, 11) is 1.61. The van der Waals surface area contributed by atoms with Crippen LogP contribution in [0.3, 0.4) is 0 Å². The lowest BCUT2D eigenvalue weighted by Crippen LogP contribution is -2.14. The van der Waals surface area contributed by atoms with E-state index >= 15 is 0 Å². The van der Waals surface area contributed by atoms with Crippen molar-refractivity contribution in [3.63, 3.8) is 0 Å². The zero-order valence-electron chi connectivity index (χ0n) is 15.8. The molecule has 3 rings (SSSR count). The number of aryl methyl sites for hydroxylation is 2. The molecule has 1 amide bonds. The first-order chi connectivity index (χ1) is 13.0. The van der Waals surface area contributed by atoms with Crippen LogP contribution >= 0.6 is 0 Å². The number of methoxy groups -OCH3 is 1. The van der Waals surface area contributed by atoms with E-state index in [1.807, 2.05) is 57.2 Å². The summed E-state index contributed by atoms with van der Waals surface area (Å²) in [5.74, 6) is 0.839. The molecule has 3 aromatic rings. The summed E-state index contributed by atoms with van der Waals surface area (Å²) in [4.78, 5) is 20.9. The van der Waals surface area contributed by atoms with E-state index in [1.54, 1.807) is 7.11 Å². The van der Waals surface area contributed by atoms with Gasteiger partial charge in [-0.25, -0.2) is 9.97 Å². The van der Waals surface area contributed by atoms with Crippen molar-refractivity contribution in [3.8, 4) is 5.75 Å². The third-order valence-corrected chi connectivity index (χ3v) is 4.37. The summed E-state index contributed by atoms with van der Waals surface area (Å²) >= 11 is 0. The van der Waals surface area contributed by atoms with E-state index in [1.165, 1.54) is 12.4 Å². The summed E-state index contributed by atoms with van der Waals surface area (Å²) < 4.78 is 5.34. The van der Waals surface area contributed by atoms with Crippen LogP contribution in [-0.2, 0) is 0 Å².